The molecular formula is C13H20BrNO2. The third-order valence-corrected chi connectivity index (χ3v) is 3.28. The molecule has 17 heavy (non-hydrogen) atoms. The van der Waals surface area contributed by atoms with Gasteiger partial charge in [-0.25, -0.2) is 0 Å². The van der Waals surface area contributed by atoms with Crippen LogP contribution in [0, 0.1) is 5.92 Å². The summed E-state index contributed by atoms with van der Waals surface area (Å²) < 4.78 is 6.15. The zero-order valence-electron chi connectivity index (χ0n) is 10.4. The number of benzene rings is 1. The van der Waals surface area contributed by atoms with Crippen LogP contribution in [-0.2, 0) is 6.54 Å². The van der Waals surface area contributed by atoms with Crippen LogP contribution in [-0.4, -0.2) is 25.4 Å². The third kappa shape index (κ3) is 5.06. The van der Waals surface area contributed by atoms with Crippen molar-refractivity contribution in [1.29, 1.82) is 0 Å². The van der Waals surface area contributed by atoms with Crippen LogP contribution < -0.4 is 10.1 Å². The van der Waals surface area contributed by atoms with Crippen molar-refractivity contribution in [2.24, 2.45) is 5.92 Å². The summed E-state index contributed by atoms with van der Waals surface area (Å²) in [6.45, 7) is 4.15. The maximum Gasteiger partial charge on any atom is 0.133 e. The molecule has 0 aliphatic heterocycles. The lowest BCUT2D eigenvalue weighted by Crippen LogP contribution is -2.21. The third-order valence-electron chi connectivity index (χ3n) is 2.66. The summed E-state index contributed by atoms with van der Waals surface area (Å²) in [7, 11) is 1.66. The quantitative estimate of drug-likeness (QED) is 0.813. The summed E-state index contributed by atoms with van der Waals surface area (Å²) in [6, 6.07) is 6.06. The molecular weight excluding hydrogens is 282 g/mol. The molecule has 0 spiro atoms. The van der Waals surface area contributed by atoms with Crippen molar-refractivity contribution < 1.29 is 9.84 Å². The number of methoxy groups -OCH3 is 1. The summed E-state index contributed by atoms with van der Waals surface area (Å²) in [5.74, 6) is 1.35. The average molecular weight is 302 g/mol. The minimum Gasteiger partial charge on any atom is -0.496 e. The zero-order valence-corrected chi connectivity index (χ0v) is 12.0. The van der Waals surface area contributed by atoms with Crippen LogP contribution in [0.2, 0.25) is 0 Å². The first kappa shape index (κ1) is 14.5. The van der Waals surface area contributed by atoms with Crippen LogP contribution in [0.3, 0.4) is 0 Å². The Hall–Kier alpha value is -0.580. The molecule has 1 aromatic carbocycles. The van der Waals surface area contributed by atoms with Crippen LogP contribution in [0.15, 0.2) is 22.7 Å². The van der Waals surface area contributed by atoms with Crippen LogP contribution in [0.25, 0.3) is 0 Å². The van der Waals surface area contributed by atoms with E-state index in [0.29, 0.717) is 5.92 Å². The largest absolute Gasteiger partial charge is 0.496 e. The maximum atomic E-state index is 8.80. The second kappa shape index (κ2) is 7.69. The smallest absolute Gasteiger partial charge is 0.133 e. The number of hydrogen-bond acceptors (Lipinski definition) is 3. The highest BCUT2D eigenvalue weighted by molar-refractivity contribution is 9.10. The van der Waals surface area contributed by atoms with Gasteiger partial charge in [0.1, 0.15) is 5.75 Å². The van der Waals surface area contributed by atoms with E-state index in [-0.39, 0.29) is 6.61 Å². The second-order valence-corrected chi connectivity index (χ2v) is 5.07. The fourth-order valence-corrected chi connectivity index (χ4v) is 2.19. The Kier molecular flexibility index (Phi) is 6.55. The minimum atomic E-state index is 0.261. The summed E-state index contributed by atoms with van der Waals surface area (Å²) in [4.78, 5) is 0. The predicted molar refractivity (Wildman–Crippen MR) is 73.3 cm³/mol. The van der Waals surface area contributed by atoms with Crippen molar-refractivity contribution in [1.82, 2.24) is 5.32 Å². The summed E-state index contributed by atoms with van der Waals surface area (Å²) in [5, 5.41) is 12.2. The molecule has 4 heteroatoms. The van der Waals surface area contributed by atoms with Gasteiger partial charge in [-0.1, -0.05) is 13.0 Å². The van der Waals surface area contributed by atoms with E-state index in [0.717, 1.165) is 29.7 Å². The first-order valence-electron chi connectivity index (χ1n) is 5.81. The molecule has 1 rings (SSSR count). The number of nitrogens with one attached hydrogen (secondary N) is 1. The summed E-state index contributed by atoms with van der Waals surface area (Å²) in [6.07, 6.45) is 0.847. The standard InChI is InChI=1S/C13H20BrNO2/c1-10(5-6-16)8-15-9-11-3-4-13(17-2)12(14)7-11/h3-4,7,10,15-16H,5-6,8-9H2,1-2H3. The molecule has 0 aromatic heterocycles. The Balaban J connectivity index is 2.39. The van der Waals surface area contributed by atoms with E-state index in [2.05, 4.69) is 34.2 Å². The van der Waals surface area contributed by atoms with Gasteiger partial charge in [0, 0.05) is 13.2 Å². The molecule has 2 N–H and O–H groups in total. The lowest BCUT2D eigenvalue weighted by molar-refractivity contribution is 0.260. The predicted octanol–water partition coefficient (Wildman–Crippen LogP) is 2.57. The molecule has 3 nitrogen and oxygen atoms in total. The molecule has 0 saturated heterocycles. The lowest BCUT2D eigenvalue weighted by atomic mass is 10.1. The van der Waals surface area contributed by atoms with Gasteiger partial charge in [0.25, 0.3) is 0 Å². The van der Waals surface area contributed by atoms with Crippen LogP contribution >= 0.6 is 15.9 Å². The van der Waals surface area contributed by atoms with Crippen LogP contribution in [0.5, 0.6) is 5.75 Å². The van der Waals surface area contributed by atoms with E-state index in [1.807, 2.05) is 12.1 Å². The Morgan fingerprint density at radius 1 is 1.47 bits per heavy atom. The highest BCUT2D eigenvalue weighted by atomic mass is 79.9. The first-order chi connectivity index (χ1) is 8.17. The number of ether oxygens (including phenoxy) is 1. The molecule has 0 bridgehead atoms. The van der Waals surface area contributed by atoms with Gasteiger partial charge in [-0.3, -0.25) is 0 Å². The van der Waals surface area contributed by atoms with E-state index in [1.165, 1.54) is 5.56 Å². The molecule has 0 aliphatic carbocycles. The number of hydrogen-bond donors (Lipinski definition) is 2. The van der Waals surface area contributed by atoms with Crippen molar-refractivity contribution in [3.8, 4) is 5.75 Å². The van der Waals surface area contributed by atoms with E-state index in [9.17, 15) is 0 Å². The number of rotatable bonds is 7. The van der Waals surface area contributed by atoms with Crippen LogP contribution in [0.4, 0.5) is 0 Å². The molecule has 0 aliphatic rings. The molecule has 1 unspecified atom stereocenters. The van der Waals surface area contributed by atoms with Gasteiger partial charge in [0.05, 0.1) is 11.6 Å². The van der Waals surface area contributed by atoms with E-state index >= 15 is 0 Å². The van der Waals surface area contributed by atoms with Crippen LogP contribution in [0.1, 0.15) is 18.9 Å². The minimum absolute atomic E-state index is 0.261. The average Bonchev–Trinajstić information content (AvgIpc) is 2.29. The van der Waals surface area contributed by atoms with Crippen molar-refractivity contribution in [2.45, 2.75) is 19.9 Å². The zero-order chi connectivity index (χ0) is 12.7. The normalized spacial score (nSPS) is 12.5. The second-order valence-electron chi connectivity index (χ2n) is 4.22. The molecule has 0 saturated carbocycles. The molecule has 96 valence electrons. The molecule has 0 fully saturated rings. The Labute approximate surface area is 111 Å². The Morgan fingerprint density at radius 2 is 2.24 bits per heavy atom. The molecule has 0 heterocycles. The van der Waals surface area contributed by atoms with Gasteiger partial charge in [0.15, 0.2) is 0 Å². The summed E-state index contributed by atoms with van der Waals surface area (Å²) in [5.41, 5.74) is 1.22. The maximum absolute atomic E-state index is 8.80. The van der Waals surface area contributed by atoms with Gasteiger partial charge < -0.3 is 15.2 Å². The van der Waals surface area contributed by atoms with Gasteiger partial charge in [-0.2, -0.15) is 0 Å². The molecule has 0 amide bonds. The monoisotopic (exact) mass is 301 g/mol. The fourth-order valence-electron chi connectivity index (χ4n) is 1.61. The Bertz CT molecular complexity index is 344. The summed E-state index contributed by atoms with van der Waals surface area (Å²) >= 11 is 3.47. The lowest BCUT2D eigenvalue weighted by Gasteiger charge is -2.11. The molecule has 0 radical (unpaired) electrons. The highest BCUT2D eigenvalue weighted by Gasteiger charge is 2.03. The van der Waals surface area contributed by atoms with E-state index in [1.54, 1.807) is 7.11 Å². The Morgan fingerprint density at radius 3 is 2.82 bits per heavy atom. The highest BCUT2D eigenvalue weighted by Crippen LogP contribution is 2.25. The van der Waals surface area contributed by atoms with Gasteiger partial charge in [0.2, 0.25) is 0 Å². The van der Waals surface area contributed by atoms with E-state index in [4.69, 9.17) is 9.84 Å². The van der Waals surface area contributed by atoms with Crippen molar-refractivity contribution in [3.63, 3.8) is 0 Å². The first-order valence-corrected chi connectivity index (χ1v) is 6.60. The number of aliphatic hydroxyl groups is 1. The van der Waals surface area contributed by atoms with Crippen molar-refractivity contribution >= 4 is 15.9 Å². The topological polar surface area (TPSA) is 41.5 Å². The molecule has 1 aromatic rings. The molecule has 1 atom stereocenters. The number of halogens is 1. The van der Waals surface area contributed by atoms with E-state index < -0.39 is 0 Å². The van der Waals surface area contributed by atoms with Gasteiger partial charge in [-0.05, 0) is 52.5 Å². The SMILES string of the molecule is COc1ccc(CNCC(C)CCO)cc1Br. The van der Waals surface area contributed by atoms with Crippen molar-refractivity contribution in [2.75, 3.05) is 20.3 Å². The van der Waals surface area contributed by atoms with Gasteiger partial charge in [-0.15, -0.1) is 0 Å². The number of aliphatic hydroxyl groups excluding tert-OH is 1. The van der Waals surface area contributed by atoms with Gasteiger partial charge >= 0.3 is 0 Å². The van der Waals surface area contributed by atoms with Crippen molar-refractivity contribution in [3.05, 3.63) is 28.2 Å². The fraction of sp³-hybridized carbons (Fsp3) is 0.538.